The lowest BCUT2D eigenvalue weighted by atomic mass is 9.93. The summed E-state index contributed by atoms with van der Waals surface area (Å²) in [6.45, 7) is 15.9. The van der Waals surface area contributed by atoms with Crippen molar-refractivity contribution < 1.29 is 23.7 Å². The number of nitrogens with zero attached hydrogens (tertiary/aromatic N) is 2. The fourth-order valence-corrected chi connectivity index (χ4v) is 3.77. The first-order valence-corrected chi connectivity index (χ1v) is 10.2. The topological polar surface area (TPSA) is 78.9 Å². The number of quaternary nitrogens is 1. The van der Waals surface area contributed by atoms with E-state index in [0.29, 0.717) is 32.9 Å². The van der Waals surface area contributed by atoms with Crippen molar-refractivity contribution >= 4 is 11.9 Å². The number of carbonyl (C=O) groups is 2. The molecule has 0 aromatic heterocycles. The Morgan fingerprint density at radius 2 is 1.52 bits per heavy atom. The molecule has 7 heteroatoms. The lowest BCUT2D eigenvalue weighted by molar-refractivity contribution is -0.879. The minimum atomic E-state index is -0.424. The summed E-state index contributed by atoms with van der Waals surface area (Å²) in [6.07, 6.45) is 6.06. The van der Waals surface area contributed by atoms with Gasteiger partial charge in [0.05, 0.1) is 25.7 Å². The fourth-order valence-electron chi connectivity index (χ4n) is 3.77. The lowest BCUT2D eigenvalue weighted by Gasteiger charge is -2.44. The predicted molar refractivity (Wildman–Crippen MR) is 114 cm³/mol. The summed E-state index contributed by atoms with van der Waals surface area (Å²) in [4.78, 5) is 25.3. The molecule has 0 saturated carbocycles. The van der Waals surface area contributed by atoms with E-state index in [2.05, 4.69) is 11.8 Å². The van der Waals surface area contributed by atoms with Gasteiger partial charge < -0.3 is 19.3 Å². The second kappa shape index (κ2) is 10.4. The maximum Gasteiger partial charge on any atom is 0.330 e. The molecule has 1 aliphatic rings. The molecule has 0 bridgehead atoms. The first-order valence-electron chi connectivity index (χ1n) is 10.2. The highest BCUT2D eigenvalue weighted by molar-refractivity contribution is 5.82. The highest BCUT2D eigenvalue weighted by atomic mass is 16.6. The maximum absolute atomic E-state index is 13.4. The molecule has 1 aliphatic heterocycles. The molecule has 2 unspecified atom stereocenters. The van der Waals surface area contributed by atoms with E-state index in [4.69, 9.17) is 9.47 Å². The molecular formula is C22H38N2O5. The number of hydroxylamine groups is 3. The number of esters is 2. The number of hydrogen-bond donors (Lipinski definition) is 0. The van der Waals surface area contributed by atoms with E-state index in [-0.39, 0.29) is 34.6 Å². The van der Waals surface area contributed by atoms with Gasteiger partial charge in [0, 0.05) is 29.5 Å². The van der Waals surface area contributed by atoms with E-state index in [1.807, 2.05) is 27.7 Å². The Bertz CT molecular complexity index is 627. The maximum atomic E-state index is 13.4. The minimum absolute atomic E-state index is 0.124. The average Bonchev–Trinajstić information content (AvgIpc) is 2.84. The van der Waals surface area contributed by atoms with E-state index < -0.39 is 5.41 Å². The predicted octanol–water partition coefficient (Wildman–Crippen LogP) is 3.25. The molecule has 0 aliphatic carbocycles. The Kier molecular flexibility index (Phi) is 9.06. The van der Waals surface area contributed by atoms with Crippen LogP contribution in [-0.2, 0) is 19.1 Å². The summed E-state index contributed by atoms with van der Waals surface area (Å²) in [5.74, 6) is -0.734. The first kappa shape index (κ1) is 25.3. The Hall–Kier alpha value is -1.70. The number of hydrogen-bond acceptors (Lipinski definition) is 6. The highest BCUT2D eigenvalue weighted by Crippen LogP contribution is 2.30. The second-order valence-corrected chi connectivity index (χ2v) is 9.68. The SMILES string of the molecule is CC=CC(=O)OCC(C)(C)CN1C[N+]([O-])(CC(C)(C)COC(=O)C=CC)CC1C. The van der Waals surface area contributed by atoms with Crippen molar-refractivity contribution in [2.45, 2.75) is 54.5 Å². The van der Waals surface area contributed by atoms with Gasteiger partial charge in [0.1, 0.15) is 13.3 Å². The van der Waals surface area contributed by atoms with Crippen molar-refractivity contribution in [3.05, 3.63) is 29.5 Å². The quantitative estimate of drug-likeness (QED) is 0.238. The molecule has 1 saturated heterocycles. The monoisotopic (exact) mass is 410 g/mol. The Balaban J connectivity index is 2.64. The molecule has 0 aromatic carbocycles. The van der Waals surface area contributed by atoms with Crippen LogP contribution < -0.4 is 0 Å². The molecule has 1 fully saturated rings. The van der Waals surface area contributed by atoms with Crippen molar-refractivity contribution in [2.24, 2.45) is 10.8 Å². The zero-order chi connectivity index (χ0) is 22.3. The van der Waals surface area contributed by atoms with E-state index in [1.165, 1.54) is 12.2 Å². The lowest BCUT2D eigenvalue weighted by Crippen LogP contribution is -2.49. The molecule has 29 heavy (non-hydrogen) atoms. The summed E-state index contributed by atoms with van der Waals surface area (Å²) in [5.41, 5.74) is -0.690. The van der Waals surface area contributed by atoms with Gasteiger partial charge in [-0.05, 0) is 20.8 Å². The Labute approximate surface area is 175 Å². The van der Waals surface area contributed by atoms with Crippen LogP contribution in [0.5, 0.6) is 0 Å². The zero-order valence-corrected chi connectivity index (χ0v) is 19.1. The molecule has 0 amide bonds. The van der Waals surface area contributed by atoms with Gasteiger partial charge in [0.25, 0.3) is 0 Å². The average molecular weight is 411 g/mol. The van der Waals surface area contributed by atoms with Crippen LogP contribution in [0.3, 0.4) is 0 Å². The molecule has 1 heterocycles. The molecule has 166 valence electrons. The molecule has 1 rings (SSSR count). The first-order chi connectivity index (χ1) is 13.3. The van der Waals surface area contributed by atoms with Gasteiger partial charge in [0.15, 0.2) is 0 Å². The number of rotatable bonds is 10. The zero-order valence-electron chi connectivity index (χ0n) is 19.1. The summed E-state index contributed by atoms with van der Waals surface area (Å²) >= 11 is 0. The standard InChI is InChI=1S/C22H38N2O5/c1-8-10-19(25)28-15-21(4,5)13-23-17-24(27,12-18(23)3)14-22(6,7)16-29-20(26)11-9-2/h8-11,18H,12-17H2,1-7H3. The van der Waals surface area contributed by atoms with E-state index in [9.17, 15) is 14.8 Å². The van der Waals surface area contributed by atoms with Crippen LogP contribution in [0.1, 0.15) is 48.5 Å². The highest BCUT2D eigenvalue weighted by Gasteiger charge is 2.41. The molecule has 0 spiro atoms. The van der Waals surface area contributed by atoms with E-state index in [1.54, 1.807) is 26.0 Å². The van der Waals surface area contributed by atoms with Gasteiger partial charge in [-0.2, -0.15) is 0 Å². The van der Waals surface area contributed by atoms with Gasteiger partial charge in [-0.1, -0.05) is 39.8 Å². The van der Waals surface area contributed by atoms with E-state index in [0.717, 1.165) is 0 Å². The van der Waals surface area contributed by atoms with Crippen molar-refractivity contribution in [3.63, 3.8) is 0 Å². The van der Waals surface area contributed by atoms with Crippen LogP contribution in [0.15, 0.2) is 24.3 Å². The van der Waals surface area contributed by atoms with Crippen molar-refractivity contribution in [3.8, 4) is 0 Å². The summed E-state index contributed by atoms with van der Waals surface area (Å²) in [5, 5.41) is 13.4. The second-order valence-electron chi connectivity index (χ2n) is 9.68. The largest absolute Gasteiger partial charge is 0.632 e. The van der Waals surface area contributed by atoms with Crippen molar-refractivity contribution in [2.75, 3.05) is 39.5 Å². The van der Waals surface area contributed by atoms with Crippen LogP contribution in [0.4, 0.5) is 0 Å². The van der Waals surface area contributed by atoms with Crippen LogP contribution in [0, 0.1) is 16.0 Å². The number of ether oxygens (including phenoxy) is 2. The third-order valence-electron chi connectivity index (χ3n) is 4.82. The molecule has 7 nitrogen and oxygen atoms in total. The van der Waals surface area contributed by atoms with Gasteiger partial charge >= 0.3 is 11.9 Å². The van der Waals surface area contributed by atoms with Crippen molar-refractivity contribution in [1.82, 2.24) is 4.90 Å². The van der Waals surface area contributed by atoms with Crippen molar-refractivity contribution in [1.29, 1.82) is 0 Å². The fraction of sp³-hybridized carbons (Fsp3) is 0.727. The molecule has 0 radical (unpaired) electrons. The molecular weight excluding hydrogens is 372 g/mol. The van der Waals surface area contributed by atoms with Gasteiger partial charge in [-0.3, -0.25) is 0 Å². The van der Waals surface area contributed by atoms with Gasteiger partial charge in [0.2, 0.25) is 0 Å². The van der Waals surface area contributed by atoms with Crippen LogP contribution in [0.2, 0.25) is 0 Å². The number of allylic oxidation sites excluding steroid dienone is 2. The Morgan fingerprint density at radius 1 is 1.03 bits per heavy atom. The van der Waals surface area contributed by atoms with Crippen LogP contribution >= 0.6 is 0 Å². The summed E-state index contributed by atoms with van der Waals surface area (Å²) < 4.78 is 10.2. The summed E-state index contributed by atoms with van der Waals surface area (Å²) in [7, 11) is 0. The van der Waals surface area contributed by atoms with E-state index >= 15 is 0 Å². The third-order valence-corrected chi connectivity index (χ3v) is 4.82. The molecule has 0 aromatic rings. The normalized spacial score (nSPS) is 23.8. The Morgan fingerprint density at radius 3 is 2.00 bits per heavy atom. The minimum Gasteiger partial charge on any atom is -0.632 e. The number of carbonyl (C=O) groups excluding carboxylic acids is 2. The van der Waals surface area contributed by atoms with Crippen LogP contribution in [-0.4, -0.2) is 67.0 Å². The molecule has 2 atom stereocenters. The third kappa shape index (κ3) is 9.10. The van der Waals surface area contributed by atoms with Gasteiger partial charge in [-0.25, -0.2) is 14.5 Å². The van der Waals surface area contributed by atoms with Gasteiger partial charge in [-0.15, -0.1) is 0 Å². The molecule has 0 N–H and O–H groups in total. The smallest absolute Gasteiger partial charge is 0.330 e. The summed E-state index contributed by atoms with van der Waals surface area (Å²) in [6, 6.07) is 0.124. The van der Waals surface area contributed by atoms with Crippen LogP contribution in [0.25, 0.3) is 0 Å².